The summed E-state index contributed by atoms with van der Waals surface area (Å²) in [5.41, 5.74) is 1.97. The zero-order chi connectivity index (χ0) is 11.4. The van der Waals surface area contributed by atoms with E-state index in [1.807, 2.05) is 31.2 Å². The molecule has 1 rings (SSSR count). The number of aryl methyl sites for hydroxylation is 1. The van der Waals surface area contributed by atoms with Crippen LogP contribution in [0.3, 0.4) is 0 Å². The Balaban J connectivity index is 2.69. The Morgan fingerprint density at radius 1 is 1.27 bits per heavy atom. The highest BCUT2D eigenvalue weighted by molar-refractivity contribution is 5.75. The lowest BCUT2D eigenvalue weighted by atomic mass is 10.1. The third-order valence-electron chi connectivity index (χ3n) is 1.95. The quantitative estimate of drug-likeness (QED) is 0.695. The second kappa shape index (κ2) is 4.64. The van der Waals surface area contributed by atoms with Crippen molar-refractivity contribution in [2.75, 3.05) is 14.1 Å². The lowest BCUT2D eigenvalue weighted by Gasteiger charge is -2.12. The van der Waals surface area contributed by atoms with Gasteiger partial charge in [-0.3, -0.25) is 0 Å². The van der Waals surface area contributed by atoms with E-state index in [9.17, 15) is 4.79 Å². The summed E-state index contributed by atoms with van der Waals surface area (Å²) in [6, 6.07) is 7.65. The van der Waals surface area contributed by atoms with Crippen LogP contribution in [0.25, 0.3) is 5.76 Å². The zero-order valence-corrected chi connectivity index (χ0v) is 9.28. The molecule has 3 nitrogen and oxygen atoms in total. The molecule has 0 atom stereocenters. The number of benzene rings is 1. The molecule has 0 saturated carbocycles. The number of carbonyl (C=O) groups excluding carboxylic acids is 1. The summed E-state index contributed by atoms with van der Waals surface area (Å²) in [7, 11) is 3.26. The van der Waals surface area contributed by atoms with Gasteiger partial charge in [-0.25, -0.2) is 4.79 Å². The second-order valence-electron chi connectivity index (χ2n) is 3.55. The van der Waals surface area contributed by atoms with Crippen LogP contribution in [0.4, 0.5) is 4.79 Å². The zero-order valence-electron chi connectivity index (χ0n) is 9.28. The number of hydrogen-bond acceptors (Lipinski definition) is 2. The molecule has 0 aromatic heterocycles. The summed E-state index contributed by atoms with van der Waals surface area (Å²) in [5.74, 6) is 0.369. The van der Waals surface area contributed by atoms with Crippen molar-refractivity contribution in [2.45, 2.75) is 6.92 Å². The van der Waals surface area contributed by atoms with Crippen molar-refractivity contribution in [3.63, 3.8) is 0 Å². The van der Waals surface area contributed by atoms with Crippen molar-refractivity contribution in [3.8, 4) is 0 Å². The van der Waals surface area contributed by atoms with E-state index in [4.69, 9.17) is 4.74 Å². The predicted octanol–water partition coefficient (Wildman–Crippen LogP) is 2.66. The van der Waals surface area contributed by atoms with Crippen LogP contribution >= 0.6 is 0 Å². The molecule has 0 saturated heterocycles. The van der Waals surface area contributed by atoms with E-state index in [0.29, 0.717) is 5.76 Å². The number of amides is 1. The minimum atomic E-state index is -0.416. The summed E-state index contributed by atoms with van der Waals surface area (Å²) < 4.78 is 5.03. The Morgan fingerprint density at radius 3 is 2.27 bits per heavy atom. The van der Waals surface area contributed by atoms with Gasteiger partial charge in [0, 0.05) is 19.7 Å². The molecule has 0 aliphatic heterocycles. The first-order valence-corrected chi connectivity index (χ1v) is 4.66. The van der Waals surface area contributed by atoms with Crippen LogP contribution in [0.5, 0.6) is 0 Å². The monoisotopic (exact) mass is 205 g/mol. The van der Waals surface area contributed by atoms with Crippen LogP contribution in [0.1, 0.15) is 11.1 Å². The average Bonchev–Trinajstić information content (AvgIpc) is 2.18. The molecule has 1 amide bonds. The lowest BCUT2D eigenvalue weighted by molar-refractivity contribution is 0.163. The summed E-state index contributed by atoms with van der Waals surface area (Å²) in [6.07, 6.45) is -0.416. The Kier molecular flexibility index (Phi) is 3.50. The topological polar surface area (TPSA) is 29.5 Å². The first-order valence-electron chi connectivity index (χ1n) is 4.66. The summed E-state index contributed by atoms with van der Waals surface area (Å²) >= 11 is 0. The molecule has 0 radical (unpaired) electrons. The molecule has 0 unspecified atom stereocenters. The SMILES string of the molecule is C=C(OC(=O)N(C)C)c1ccc(C)cc1. The Morgan fingerprint density at radius 2 is 1.80 bits per heavy atom. The molecule has 15 heavy (non-hydrogen) atoms. The van der Waals surface area contributed by atoms with Gasteiger partial charge in [0.2, 0.25) is 0 Å². The van der Waals surface area contributed by atoms with Gasteiger partial charge in [-0.05, 0) is 6.92 Å². The smallest absolute Gasteiger partial charge is 0.410 e. The van der Waals surface area contributed by atoms with Crippen LogP contribution in [0, 0.1) is 6.92 Å². The first-order chi connectivity index (χ1) is 7.00. The van der Waals surface area contributed by atoms with Crippen LogP contribution in [0.2, 0.25) is 0 Å². The highest BCUT2D eigenvalue weighted by atomic mass is 16.6. The first kappa shape index (κ1) is 11.3. The van der Waals surface area contributed by atoms with Gasteiger partial charge in [0.05, 0.1) is 0 Å². The Labute approximate surface area is 90.0 Å². The van der Waals surface area contributed by atoms with Crippen molar-refractivity contribution >= 4 is 11.9 Å². The molecule has 0 aliphatic rings. The molecule has 80 valence electrons. The van der Waals surface area contributed by atoms with Crippen molar-refractivity contribution < 1.29 is 9.53 Å². The lowest BCUT2D eigenvalue weighted by Crippen LogP contribution is -2.21. The van der Waals surface area contributed by atoms with Gasteiger partial charge >= 0.3 is 6.09 Å². The third kappa shape index (κ3) is 3.13. The number of nitrogens with zero attached hydrogens (tertiary/aromatic N) is 1. The fourth-order valence-corrected chi connectivity index (χ4v) is 0.995. The van der Waals surface area contributed by atoms with Crippen LogP contribution in [0.15, 0.2) is 30.8 Å². The normalized spacial score (nSPS) is 9.53. The molecule has 0 fully saturated rings. The van der Waals surface area contributed by atoms with Gasteiger partial charge in [0.1, 0.15) is 5.76 Å². The predicted molar refractivity (Wildman–Crippen MR) is 60.4 cm³/mol. The minimum absolute atomic E-state index is 0.369. The maximum atomic E-state index is 11.2. The summed E-state index contributed by atoms with van der Waals surface area (Å²) in [5, 5.41) is 0. The largest absolute Gasteiger partial charge is 0.414 e. The van der Waals surface area contributed by atoms with Gasteiger partial charge in [-0.15, -0.1) is 0 Å². The fraction of sp³-hybridized carbons (Fsp3) is 0.250. The van der Waals surface area contributed by atoms with Crippen LogP contribution in [-0.4, -0.2) is 25.1 Å². The van der Waals surface area contributed by atoms with Gasteiger partial charge in [-0.1, -0.05) is 36.4 Å². The number of hydrogen-bond donors (Lipinski definition) is 0. The van der Waals surface area contributed by atoms with E-state index < -0.39 is 6.09 Å². The maximum absolute atomic E-state index is 11.2. The number of carbonyl (C=O) groups is 1. The Hall–Kier alpha value is -1.77. The second-order valence-corrected chi connectivity index (χ2v) is 3.55. The van der Waals surface area contributed by atoms with E-state index >= 15 is 0 Å². The van der Waals surface area contributed by atoms with E-state index in [2.05, 4.69) is 6.58 Å². The van der Waals surface area contributed by atoms with Gasteiger partial charge < -0.3 is 9.64 Å². The van der Waals surface area contributed by atoms with E-state index in [0.717, 1.165) is 11.1 Å². The highest BCUT2D eigenvalue weighted by Gasteiger charge is 2.08. The molecular weight excluding hydrogens is 190 g/mol. The van der Waals surface area contributed by atoms with Crippen molar-refractivity contribution in [1.29, 1.82) is 0 Å². The highest BCUT2D eigenvalue weighted by Crippen LogP contribution is 2.15. The van der Waals surface area contributed by atoms with E-state index in [1.165, 1.54) is 4.90 Å². The fourth-order valence-electron chi connectivity index (χ4n) is 0.995. The molecule has 0 N–H and O–H groups in total. The van der Waals surface area contributed by atoms with Gasteiger partial charge in [-0.2, -0.15) is 0 Å². The number of ether oxygens (including phenoxy) is 1. The van der Waals surface area contributed by atoms with Gasteiger partial charge in [0.25, 0.3) is 0 Å². The van der Waals surface area contributed by atoms with Crippen molar-refractivity contribution in [3.05, 3.63) is 42.0 Å². The summed E-state index contributed by atoms with van der Waals surface area (Å²) in [4.78, 5) is 12.6. The molecule has 0 bridgehead atoms. The molecule has 1 aromatic rings. The van der Waals surface area contributed by atoms with E-state index in [-0.39, 0.29) is 0 Å². The third-order valence-corrected chi connectivity index (χ3v) is 1.95. The molecule has 0 spiro atoms. The maximum Gasteiger partial charge on any atom is 0.414 e. The molecule has 0 heterocycles. The summed E-state index contributed by atoms with van der Waals surface area (Å²) in [6.45, 7) is 5.71. The molecule has 0 aliphatic carbocycles. The standard InChI is InChI=1S/C12H15NO2/c1-9-5-7-11(8-6-9)10(2)15-12(14)13(3)4/h5-8H,2H2,1,3-4H3. The Bertz CT molecular complexity index is 366. The van der Waals surface area contributed by atoms with Crippen LogP contribution in [-0.2, 0) is 4.74 Å². The van der Waals surface area contributed by atoms with Crippen LogP contribution < -0.4 is 0 Å². The van der Waals surface area contributed by atoms with Gasteiger partial charge in [0.15, 0.2) is 0 Å². The molecular formula is C12H15NO2. The molecule has 1 aromatic carbocycles. The number of rotatable bonds is 2. The van der Waals surface area contributed by atoms with E-state index in [1.54, 1.807) is 14.1 Å². The van der Waals surface area contributed by atoms with Crippen molar-refractivity contribution in [1.82, 2.24) is 4.90 Å². The minimum Gasteiger partial charge on any atom is -0.410 e. The average molecular weight is 205 g/mol. The molecule has 3 heteroatoms. The van der Waals surface area contributed by atoms with Crippen molar-refractivity contribution in [2.24, 2.45) is 0 Å².